The standard InChI is InChI=1S/C14H17NO3/c1-9-4-5-11(10(2)8-9)15-12(16)14(13(17)18)6-3-7-14/h4-5,8H,3,6-7H2,1-2H3,(H,15,16)(H,17,18). The third kappa shape index (κ3) is 1.98. The van der Waals surface area contributed by atoms with Crippen LogP contribution in [0.2, 0.25) is 0 Å². The second-order valence-corrected chi connectivity index (χ2v) is 5.01. The first kappa shape index (κ1) is 12.6. The van der Waals surface area contributed by atoms with Gasteiger partial charge in [0.25, 0.3) is 0 Å². The number of benzene rings is 1. The molecule has 1 saturated carbocycles. The molecule has 96 valence electrons. The largest absolute Gasteiger partial charge is 0.480 e. The van der Waals surface area contributed by atoms with Crippen molar-refractivity contribution in [1.29, 1.82) is 0 Å². The van der Waals surface area contributed by atoms with Crippen molar-refractivity contribution in [3.05, 3.63) is 29.3 Å². The van der Waals surface area contributed by atoms with Crippen molar-refractivity contribution < 1.29 is 14.7 Å². The van der Waals surface area contributed by atoms with Crippen molar-refractivity contribution in [3.63, 3.8) is 0 Å². The number of amides is 1. The molecule has 1 aromatic rings. The minimum Gasteiger partial charge on any atom is -0.480 e. The number of nitrogens with one attached hydrogen (secondary N) is 1. The Balaban J connectivity index is 2.19. The van der Waals surface area contributed by atoms with Crippen molar-refractivity contribution in [3.8, 4) is 0 Å². The molecule has 0 heterocycles. The van der Waals surface area contributed by atoms with Gasteiger partial charge in [0.2, 0.25) is 5.91 Å². The summed E-state index contributed by atoms with van der Waals surface area (Å²) in [6.07, 6.45) is 1.66. The quantitative estimate of drug-likeness (QED) is 0.806. The van der Waals surface area contributed by atoms with Gasteiger partial charge < -0.3 is 10.4 Å². The van der Waals surface area contributed by atoms with Crippen molar-refractivity contribution in [1.82, 2.24) is 0 Å². The summed E-state index contributed by atoms with van der Waals surface area (Å²) in [4.78, 5) is 23.3. The molecule has 0 saturated heterocycles. The fourth-order valence-corrected chi connectivity index (χ4v) is 2.26. The Labute approximate surface area is 106 Å². The number of carbonyl (C=O) groups is 2. The van der Waals surface area contributed by atoms with E-state index in [1.54, 1.807) is 0 Å². The monoisotopic (exact) mass is 247 g/mol. The molecule has 0 aliphatic heterocycles. The van der Waals surface area contributed by atoms with Gasteiger partial charge in [0.1, 0.15) is 5.41 Å². The van der Waals surface area contributed by atoms with E-state index in [0.29, 0.717) is 18.5 Å². The zero-order chi connectivity index (χ0) is 13.3. The SMILES string of the molecule is Cc1ccc(NC(=O)C2(C(=O)O)CCC2)c(C)c1. The highest BCUT2D eigenvalue weighted by Crippen LogP contribution is 2.42. The van der Waals surface area contributed by atoms with Gasteiger partial charge in [0, 0.05) is 5.69 Å². The van der Waals surface area contributed by atoms with E-state index in [4.69, 9.17) is 0 Å². The van der Waals surface area contributed by atoms with Crippen molar-refractivity contribution in [2.24, 2.45) is 5.41 Å². The van der Waals surface area contributed by atoms with Gasteiger partial charge in [-0.3, -0.25) is 9.59 Å². The zero-order valence-electron chi connectivity index (χ0n) is 10.6. The highest BCUT2D eigenvalue weighted by Gasteiger charge is 2.51. The summed E-state index contributed by atoms with van der Waals surface area (Å²) >= 11 is 0. The molecule has 4 heteroatoms. The van der Waals surface area contributed by atoms with Crippen LogP contribution in [0.15, 0.2) is 18.2 Å². The van der Waals surface area contributed by atoms with E-state index < -0.39 is 17.3 Å². The molecule has 0 atom stereocenters. The summed E-state index contributed by atoms with van der Waals surface area (Å²) in [5.41, 5.74) is 1.54. The Morgan fingerprint density at radius 2 is 1.94 bits per heavy atom. The van der Waals surface area contributed by atoms with Crippen LogP contribution < -0.4 is 5.32 Å². The Morgan fingerprint density at radius 3 is 2.39 bits per heavy atom. The molecule has 0 unspecified atom stereocenters. The van der Waals surface area contributed by atoms with E-state index in [0.717, 1.165) is 17.5 Å². The predicted molar refractivity (Wildman–Crippen MR) is 68.5 cm³/mol. The molecule has 1 aromatic carbocycles. The summed E-state index contributed by atoms with van der Waals surface area (Å²) < 4.78 is 0. The number of anilines is 1. The van der Waals surface area contributed by atoms with Crippen molar-refractivity contribution >= 4 is 17.6 Å². The highest BCUT2D eigenvalue weighted by molar-refractivity contribution is 6.09. The van der Waals surface area contributed by atoms with E-state index in [2.05, 4.69) is 5.32 Å². The maximum absolute atomic E-state index is 12.1. The van der Waals surface area contributed by atoms with E-state index in [-0.39, 0.29) is 0 Å². The van der Waals surface area contributed by atoms with Crippen LogP contribution in [0.1, 0.15) is 30.4 Å². The summed E-state index contributed by atoms with van der Waals surface area (Å²) in [7, 11) is 0. The summed E-state index contributed by atoms with van der Waals surface area (Å²) in [6.45, 7) is 3.88. The lowest BCUT2D eigenvalue weighted by Gasteiger charge is -2.35. The number of carbonyl (C=O) groups excluding carboxylic acids is 1. The second kappa shape index (κ2) is 4.44. The molecule has 18 heavy (non-hydrogen) atoms. The lowest BCUT2D eigenvalue weighted by Crippen LogP contribution is -2.48. The minimum atomic E-state index is -1.21. The number of carboxylic acids is 1. The second-order valence-electron chi connectivity index (χ2n) is 5.01. The lowest BCUT2D eigenvalue weighted by molar-refractivity contribution is -0.159. The average molecular weight is 247 g/mol. The average Bonchev–Trinajstić information content (AvgIpc) is 2.19. The summed E-state index contributed by atoms with van der Waals surface area (Å²) in [5.74, 6) is -1.41. The number of aryl methyl sites for hydroxylation is 2. The van der Waals surface area contributed by atoms with E-state index in [1.807, 2.05) is 32.0 Å². The molecular formula is C14H17NO3. The smallest absolute Gasteiger partial charge is 0.319 e. The van der Waals surface area contributed by atoms with Gasteiger partial charge in [-0.15, -0.1) is 0 Å². The molecule has 1 amide bonds. The number of aliphatic carboxylic acids is 1. The summed E-state index contributed by atoms with van der Waals surface area (Å²) in [5, 5.41) is 11.9. The van der Waals surface area contributed by atoms with Crippen LogP contribution in [0, 0.1) is 19.3 Å². The molecule has 0 bridgehead atoms. The van der Waals surface area contributed by atoms with Crippen molar-refractivity contribution in [2.45, 2.75) is 33.1 Å². The van der Waals surface area contributed by atoms with Gasteiger partial charge in [-0.2, -0.15) is 0 Å². The van der Waals surface area contributed by atoms with Gasteiger partial charge in [-0.1, -0.05) is 24.1 Å². The third-order valence-corrected chi connectivity index (χ3v) is 3.68. The third-order valence-electron chi connectivity index (χ3n) is 3.68. The lowest BCUT2D eigenvalue weighted by atomic mass is 9.68. The fraction of sp³-hybridized carbons (Fsp3) is 0.429. The Morgan fingerprint density at radius 1 is 1.28 bits per heavy atom. The van der Waals surface area contributed by atoms with Gasteiger partial charge >= 0.3 is 5.97 Å². The first-order chi connectivity index (χ1) is 8.45. The van der Waals surface area contributed by atoms with Crippen LogP contribution >= 0.6 is 0 Å². The molecule has 0 spiro atoms. The van der Waals surface area contributed by atoms with Gasteiger partial charge in [0.15, 0.2) is 0 Å². The van der Waals surface area contributed by atoms with Gasteiger partial charge in [-0.25, -0.2) is 0 Å². The van der Waals surface area contributed by atoms with Crippen LogP contribution in [0.3, 0.4) is 0 Å². The molecule has 0 aromatic heterocycles. The molecule has 2 N–H and O–H groups in total. The van der Waals surface area contributed by atoms with E-state index in [1.165, 1.54) is 0 Å². The molecule has 0 radical (unpaired) electrons. The van der Waals surface area contributed by atoms with E-state index in [9.17, 15) is 14.7 Å². The number of hydrogen-bond donors (Lipinski definition) is 2. The topological polar surface area (TPSA) is 66.4 Å². The predicted octanol–water partition coefficient (Wildman–Crippen LogP) is 2.50. The number of carboxylic acid groups (broad SMARTS) is 1. The van der Waals surface area contributed by atoms with Crippen LogP contribution in [-0.4, -0.2) is 17.0 Å². The van der Waals surface area contributed by atoms with Crippen molar-refractivity contribution in [2.75, 3.05) is 5.32 Å². The van der Waals surface area contributed by atoms with Crippen LogP contribution in [0.25, 0.3) is 0 Å². The van der Waals surface area contributed by atoms with Gasteiger partial charge in [0.05, 0.1) is 0 Å². The Bertz CT molecular complexity index is 504. The molecule has 2 rings (SSSR count). The number of hydrogen-bond acceptors (Lipinski definition) is 2. The van der Waals surface area contributed by atoms with E-state index >= 15 is 0 Å². The maximum atomic E-state index is 12.1. The molecule has 4 nitrogen and oxygen atoms in total. The van der Waals surface area contributed by atoms with Crippen LogP contribution in [0.5, 0.6) is 0 Å². The Kier molecular flexibility index (Phi) is 3.11. The minimum absolute atomic E-state index is 0.395. The zero-order valence-corrected chi connectivity index (χ0v) is 10.6. The first-order valence-electron chi connectivity index (χ1n) is 6.08. The molecule has 1 aliphatic carbocycles. The maximum Gasteiger partial charge on any atom is 0.319 e. The summed E-state index contributed by atoms with van der Waals surface area (Å²) in [6, 6.07) is 5.68. The molecular weight excluding hydrogens is 230 g/mol. The normalized spacial score (nSPS) is 16.8. The number of rotatable bonds is 3. The first-order valence-corrected chi connectivity index (χ1v) is 6.08. The van der Waals surface area contributed by atoms with Crippen LogP contribution in [-0.2, 0) is 9.59 Å². The van der Waals surface area contributed by atoms with Gasteiger partial charge in [-0.05, 0) is 38.3 Å². The molecule has 1 aliphatic rings. The van der Waals surface area contributed by atoms with Crippen LogP contribution in [0.4, 0.5) is 5.69 Å². The molecule has 1 fully saturated rings. The Hall–Kier alpha value is -1.84. The highest BCUT2D eigenvalue weighted by atomic mass is 16.4. The fourth-order valence-electron chi connectivity index (χ4n) is 2.26.